The first-order valence-electron chi connectivity index (χ1n) is 5.73. The van der Waals surface area contributed by atoms with E-state index >= 15 is 0 Å². The van der Waals surface area contributed by atoms with Crippen molar-refractivity contribution in [1.82, 2.24) is 9.97 Å². The van der Waals surface area contributed by atoms with Gasteiger partial charge in [-0.25, -0.2) is 14.8 Å². The van der Waals surface area contributed by atoms with Gasteiger partial charge in [0.1, 0.15) is 12.4 Å². The van der Waals surface area contributed by atoms with Crippen LogP contribution in [0.5, 0.6) is 5.75 Å². The largest absolute Gasteiger partial charge is 0.492 e. The minimum Gasteiger partial charge on any atom is -0.492 e. The molecule has 2 N–H and O–H groups in total. The molecule has 0 saturated carbocycles. The van der Waals surface area contributed by atoms with Crippen molar-refractivity contribution in [3.05, 3.63) is 48.3 Å². The number of carbonyl (C=O) groups is 1. The van der Waals surface area contributed by atoms with Crippen molar-refractivity contribution in [2.24, 2.45) is 0 Å². The predicted octanol–water partition coefficient (Wildman–Crippen LogP) is 1.67. The molecule has 19 heavy (non-hydrogen) atoms. The molecule has 2 aromatic rings. The van der Waals surface area contributed by atoms with Crippen molar-refractivity contribution in [3.8, 4) is 5.75 Å². The first-order valence-corrected chi connectivity index (χ1v) is 5.73. The lowest BCUT2D eigenvalue weighted by Gasteiger charge is -2.07. The number of nitrogens with zero attached hydrogens (tertiary/aromatic N) is 2. The Hall–Kier alpha value is -2.63. The molecule has 0 spiro atoms. The summed E-state index contributed by atoms with van der Waals surface area (Å²) in [6.07, 6.45) is 3.29. The van der Waals surface area contributed by atoms with Gasteiger partial charge >= 0.3 is 5.97 Å². The molecule has 1 aromatic heterocycles. The molecule has 6 heteroatoms. The Morgan fingerprint density at radius 1 is 1.26 bits per heavy atom. The first kappa shape index (κ1) is 12.8. The second kappa shape index (κ2) is 6.34. The fourth-order valence-corrected chi connectivity index (χ4v) is 1.44. The average molecular weight is 259 g/mol. The van der Waals surface area contributed by atoms with Gasteiger partial charge in [-0.3, -0.25) is 0 Å². The van der Waals surface area contributed by atoms with E-state index in [2.05, 4.69) is 15.3 Å². The van der Waals surface area contributed by atoms with Gasteiger partial charge in [0.25, 0.3) is 0 Å². The zero-order chi connectivity index (χ0) is 13.5. The highest BCUT2D eigenvalue weighted by Crippen LogP contribution is 2.13. The molecule has 0 amide bonds. The molecule has 98 valence electrons. The van der Waals surface area contributed by atoms with Crippen LogP contribution >= 0.6 is 0 Å². The SMILES string of the molecule is O=C(O)c1cccc(OCCNc2ncccn2)c1. The molecule has 0 aliphatic carbocycles. The molecule has 0 aliphatic rings. The summed E-state index contributed by atoms with van der Waals surface area (Å²) in [5.41, 5.74) is 0.205. The fraction of sp³-hybridized carbons (Fsp3) is 0.154. The minimum atomic E-state index is -0.971. The monoisotopic (exact) mass is 259 g/mol. The normalized spacial score (nSPS) is 9.89. The summed E-state index contributed by atoms with van der Waals surface area (Å²) in [7, 11) is 0. The summed E-state index contributed by atoms with van der Waals surface area (Å²) in [6.45, 7) is 0.919. The van der Waals surface area contributed by atoms with E-state index in [9.17, 15) is 4.79 Å². The van der Waals surface area contributed by atoms with E-state index in [0.717, 1.165) is 0 Å². The lowest BCUT2D eigenvalue weighted by atomic mass is 10.2. The number of hydrogen-bond donors (Lipinski definition) is 2. The molecule has 6 nitrogen and oxygen atoms in total. The van der Waals surface area contributed by atoms with Crippen LogP contribution in [-0.4, -0.2) is 34.2 Å². The molecule has 2 rings (SSSR count). The lowest BCUT2D eigenvalue weighted by molar-refractivity contribution is 0.0696. The van der Waals surface area contributed by atoms with Crippen LogP contribution in [0.4, 0.5) is 5.95 Å². The van der Waals surface area contributed by atoms with Gasteiger partial charge in [-0.15, -0.1) is 0 Å². The molecule has 1 heterocycles. The van der Waals surface area contributed by atoms with Gasteiger partial charge in [0, 0.05) is 12.4 Å². The molecule has 1 aromatic carbocycles. The van der Waals surface area contributed by atoms with Crippen LogP contribution in [0.3, 0.4) is 0 Å². The maximum Gasteiger partial charge on any atom is 0.335 e. The van der Waals surface area contributed by atoms with E-state index in [0.29, 0.717) is 24.8 Å². The van der Waals surface area contributed by atoms with Crippen LogP contribution in [0.15, 0.2) is 42.7 Å². The Kier molecular flexibility index (Phi) is 4.28. The number of ether oxygens (including phenoxy) is 1. The number of aromatic carboxylic acids is 1. The van der Waals surface area contributed by atoms with Crippen LogP contribution < -0.4 is 10.1 Å². The van der Waals surface area contributed by atoms with Crippen molar-refractivity contribution >= 4 is 11.9 Å². The summed E-state index contributed by atoms with van der Waals surface area (Å²) in [5, 5.41) is 11.8. The molecule has 0 bridgehead atoms. The van der Waals surface area contributed by atoms with Crippen LogP contribution in [0, 0.1) is 0 Å². The van der Waals surface area contributed by atoms with Crippen LogP contribution in [0.1, 0.15) is 10.4 Å². The van der Waals surface area contributed by atoms with Gasteiger partial charge in [-0.1, -0.05) is 6.07 Å². The number of nitrogens with one attached hydrogen (secondary N) is 1. The lowest BCUT2D eigenvalue weighted by Crippen LogP contribution is -2.13. The minimum absolute atomic E-state index is 0.205. The second-order valence-electron chi connectivity index (χ2n) is 3.68. The molecule has 0 fully saturated rings. The summed E-state index contributed by atoms with van der Waals surface area (Å²) >= 11 is 0. The highest BCUT2D eigenvalue weighted by atomic mass is 16.5. The summed E-state index contributed by atoms with van der Waals surface area (Å²) in [4.78, 5) is 18.8. The van der Waals surface area contributed by atoms with Gasteiger partial charge in [0.2, 0.25) is 5.95 Å². The maximum absolute atomic E-state index is 10.8. The number of aromatic nitrogens is 2. The zero-order valence-electron chi connectivity index (χ0n) is 10.1. The number of hydrogen-bond acceptors (Lipinski definition) is 5. The van der Waals surface area contributed by atoms with E-state index in [1.165, 1.54) is 12.1 Å². The molecule has 0 unspecified atom stereocenters. The van der Waals surface area contributed by atoms with Gasteiger partial charge in [0.15, 0.2) is 0 Å². The first-order chi connectivity index (χ1) is 9.25. The highest BCUT2D eigenvalue weighted by molar-refractivity contribution is 5.87. The highest BCUT2D eigenvalue weighted by Gasteiger charge is 2.03. The molecule has 0 aliphatic heterocycles. The predicted molar refractivity (Wildman–Crippen MR) is 69.4 cm³/mol. The molecule has 0 saturated heterocycles. The average Bonchev–Trinajstić information content (AvgIpc) is 2.45. The van der Waals surface area contributed by atoms with Crippen molar-refractivity contribution in [2.75, 3.05) is 18.5 Å². The Bertz CT molecular complexity index is 546. The van der Waals surface area contributed by atoms with Gasteiger partial charge in [-0.05, 0) is 24.3 Å². The third-order valence-corrected chi connectivity index (χ3v) is 2.30. The van der Waals surface area contributed by atoms with E-state index in [-0.39, 0.29) is 5.56 Å². The van der Waals surface area contributed by atoms with Crippen LogP contribution in [0.25, 0.3) is 0 Å². The van der Waals surface area contributed by atoms with Gasteiger partial charge < -0.3 is 15.2 Å². The van der Waals surface area contributed by atoms with E-state index in [4.69, 9.17) is 9.84 Å². The standard InChI is InChI=1S/C13H13N3O3/c17-12(18)10-3-1-4-11(9-10)19-8-7-16-13-14-5-2-6-15-13/h1-6,9H,7-8H2,(H,17,18)(H,14,15,16). The molecule has 0 atom stereocenters. The van der Waals surface area contributed by atoms with Crippen molar-refractivity contribution in [3.63, 3.8) is 0 Å². The Morgan fingerprint density at radius 3 is 2.79 bits per heavy atom. The topological polar surface area (TPSA) is 84.3 Å². The third kappa shape index (κ3) is 3.95. The third-order valence-electron chi connectivity index (χ3n) is 2.30. The Balaban J connectivity index is 1.80. The van der Waals surface area contributed by atoms with E-state index < -0.39 is 5.97 Å². The van der Waals surface area contributed by atoms with E-state index in [1.807, 2.05) is 0 Å². The number of benzene rings is 1. The fourth-order valence-electron chi connectivity index (χ4n) is 1.44. The summed E-state index contributed by atoms with van der Waals surface area (Å²) in [6, 6.07) is 8.10. The molecular formula is C13H13N3O3. The Morgan fingerprint density at radius 2 is 2.05 bits per heavy atom. The van der Waals surface area contributed by atoms with Crippen molar-refractivity contribution in [2.45, 2.75) is 0 Å². The number of rotatable bonds is 6. The number of carboxylic acids is 1. The zero-order valence-corrected chi connectivity index (χ0v) is 10.1. The Labute approximate surface area is 110 Å². The smallest absolute Gasteiger partial charge is 0.335 e. The van der Waals surface area contributed by atoms with Crippen LogP contribution in [0.2, 0.25) is 0 Å². The van der Waals surface area contributed by atoms with Gasteiger partial charge in [0.05, 0.1) is 12.1 Å². The summed E-state index contributed by atoms with van der Waals surface area (Å²) < 4.78 is 5.44. The van der Waals surface area contributed by atoms with Crippen molar-refractivity contribution < 1.29 is 14.6 Å². The van der Waals surface area contributed by atoms with Gasteiger partial charge in [-0.2, -0.15) is 0 Å². The number of carboxylic acid groups (broad SMARTS) is 1. The molecule has 0 radical (unpaired) electrons. The van der Waals surface area contributed by atoms with Crippen molar-refractivity contribution in [1.29, 1.82) is 0 Å². The maximum atomic E-state index is 10.8. The quantitative estimate of drug-likeness (QED) is 0.767. The molecular weight excluding hydrogens is 246 g/mol. The van der Waals surface area contributed by atoms with E-state index in [1.54, 1.807) is 30.6 Å². The second-order valence-corrected chi connectivity index (χ2v) is 3.68. The van der Waals surface area contributed by atoms with Crippen LogP contribution in [-0.2, 0) is 0 Å². The number of anilines is 1. The summed E-state index contributed by atoms with van der Waals surface area (Å²) in [5.74, 6) is 0.0855.